The molecule has 0 radical (unpaired) electrons. The summed E-state index contributed by atoms with van der Waals surface area (Å²) in [4.78, 5) is 23.2. The van der Waals surface area contributed by atoms with E-state index in [1.54, 1.807) is 24.3 Å². The lowest BCUT2D eigenvalue weighted by Gasteiger charge is -2.19. The third-order valence-electron chi connectivity index (χ3n) is 3.55. The van der Waals surface area contributed by atoms with Crippen molar-refractivity contribution in [3.8, 4) is 0 Å². The minimum Gasteiger partial charge on any atom is -0.481 e. The number of carboxylic acids is 1. The van der Waals surface area contributed by atoms with Crippen molar-refractivity contribution in [2.24, 2.45) is 5.92 Å². The van der Waals surface area contributed by atoms with Gasteiger partial charge in [-0.05, 0) is 24.1 Å². The summed E-state index contributed by atoms with van der Waals surface area (Å²) in [5.41, 5.74) is 0.658. The number of rotatable bonds is 5. The normalized spacial score (nSPS) is 21.2. The van der Waals surface area contributed by atoms with Gasteiger partial charge in [0, 0.05) is 4.47 Å². The minimum atomic E-state index is -3.16. The van der Waals surface area contributed by atoms with E-state index in [2.05, 4.69) is 21.2 Å². The maximum Gasteiger partial charge on any atom is 0.305 e. The number of amides is 1. The van der Waals surface area contributed by atoms with E-state index in [0.29, 0.717) is 5.56 Å². The van der Waals surface area contributed by atoms with E-state index >= 15 is 0 Å². The molecule has 1 heterocycles. The Balaban J connectivity index is 2.13. The molecule has 22 heavy (non-hydrogen) atoms. The lowest BCUT2D eigenvalue weighted by atomic mass is 10.0. The van der Waals surface area contributed by atoms with Gasteiger partial charge in [0.2, 0.25) is 5.91 Å². The van der Waals surface area contributed by atoms with Crippen LogP contribution in [-0.2, 0) is 19.4 Å². The summed E-state index contributed by atoms with van der Waals surface area (Å²) in [5.74, 6) is -2.21. The lowest BCUT2D eigenvalue weighted by Crippen LogP contribution is -2.35. The predicted molar refractivity (Wildman–Crippen MR) is 84.0 cm³/mol. The number of benzene rings is 1. The van der Waals surface area contributed by atoms with Gasteiger partial charge in [-0.3, -0.25) is 9.59 Å². The highest BCUT2D eigenvalue weighted by molar-refractivity contribution is 9.10. The van der Waals surface area contributed by atoms with Gasteiger partial charge in [-0.15, -0.1) is 0 Å². The van der Waals surface area contributed by atoms with Crippen LogP contribution in [0.2, 0.25) is 0 Å². The van der Waals surface area contributed by atoms with Gasteiger partial charge in [-0.1, -0.05) is 28.1 Å². The van der Waals surface area contributed by atoms with Crippen LogP contribution in [0.15, 0.2) is 28.7 Å². The quantitative estimate of drug-likeness (QED) is 0.794. The van der Waals surface area contributed by atoms with Crippen LogP contribution < -0.4 is 5.32 Å². The molecule has 1 aliphatic heterocycles. The second-order valence-electron chi connectivity index (χ2n) is 5.31. The Morgan fingerprint density at radius 2 is 2.14 bits per heavy atom. The number of aliphatic carboxylic acids is 1. The fourth-order valence-electron chi connectivity index (χ4n) is 2.44. The molecule has 1 aromatic carbocycles. The van der Waals surface area contributed by atoms with Crippen molar-refractivity contribution in [2.75, 3.05) is 11.5 Å². The summed E-state index contributed by atoms with van der Waals surface area (Å²) in [6, 6.07) is 6.32. The molecule has 0 spiro atoms. The average Bonchev–Trinajstić information content (AvgIpc) is 2.78. The van der Waals surface area contributed by atoms with Crippen LogP contribution in [0.5, 0.6) is 0 Å². The highest BCUT2D eigenvalue weighted by atomic mass is 79.9. The van der Waals surface area contributed by atoms with Crippen molar-refractivity contribution in [2.45, 2.75) is 18.9 Å². The van der Waals surface area contributed by atoms with E-state index in [1.165, 1.54) is 0 Å². The van der Waals surface area contributed by atoms with E-state index in [1.807, 2.05) is 0 Å². The zero-order valence-corrected chi connectivity index (χ0v) is 14.1. The average molecular weight is 390 g/mol. The van der Waals surface area contributed by atoms with Crippen LogP contribution >= 0.6 is 15.9 Å². The number of sulfone groups is 1. The molecule has 120 valence electrons. The maximum atomic E-state index is 12.2. The van der Waals surface area contributed by atoms with Gasteiger partial charge in [0.15, 0.2) is 9.84 Å². The summed E-state index contributed by atoms with van der Waals surface area (Å²) < 4.78 is 23.7. The fraction of sp³-hybridized carbons (Fsp3) is 0.429. The molecule has 8 heteroatoms. The first-order chi connectivity index (χ1) is 10.3. The molecule has 1 aromatic rings. The van der Waals surface area contributed by atoms with Gasteiger partial charge in [-0.2, -0.15) is 0 Å². The number of carboxylic acid groups (broad SMARTS) is 1. The van der Waals surface area contributed by atoms with Crippen LogP contribution in [0.4, 0.5) is 0 Å². The van der Waals surface area contributed by atoms with Gasteiger partial charge in [0.1, 0.15) is 0 Å². The van der Waals surface area contributed by atoms with Crippen LogP contribution in [0.1, 0.15) is 24.4 Å². The third kappa shape index (κ3) is 4.54. The monoisotopic (exact) mass is 389 g/mol. The number of hydrogen-bond donors (Lipinski definition) is 2. The fourth-order valence-corrected chi connectivity index (χ4v) is 4.60. The van der Waals surface area contributed by atoms with E-state index < -0.39 is 33.7 Å². The highest BCUT2D eigenvalue weighted by Crippen LogP contribution is 2.24. The van der Waals surface area contributed by atoms with Crippen LogP contribution in [0.25, 0.3) is 0 Å². The lowest BCUT2D eigenvalue weighted by molar-refractivity contribution is -0.137. The molecule has 1 fully saturated rings. The summed E-state index contributed by atoms with van der Waals surface area (Å²) >= 11 is 3.30. The molecule has 0 unspecified atom stereocenters. The molecule has 2 N–H and O–H groups in total. The van der Waals surface area contributed by atoms with Gasteiger partial charge in [0.25, 0.3) is 0 Å². The third-order valence-corrected chi connectivity index (χ3v) is 5.81. The Labute approximate surface area is 137 Å². The molecular formula is C14H16BrNO5S. The number of halogens is 1. The first-order valence-corrected chi connectivity index (χ1v) is 9.36. The smallest absolute Gasteiger partial charge is 0.305 e. The maximum absolute atomic E-state index is 12.2. The van der Waals surface area contributed by atoms with Crippen LogP contribution in [0.3, 0.4) is 0 Å². The molecule has 0 bridgehead atoms. The summed E-state index contributed by atoms with van der Waals surface area (Å²) in [5, 5.41) is 11.7. The molecule has 1 aliphatic rings. The van der Waals surface area contributed by atoms with Crippen LogP contribution in [-0.4, -0.2) is 36.9 Å². The van der Waals surface area contributed by atoms with Gasteiger partial charge >= 0.3 is 5.97 Å². The second kappa shape index (κ2) is 6.78. The zero-order valence-electron chi connectivity index (χ0n) is 11.7. The largest absolute Gasteiger partial charge is 0.481 e. The van der Waals surface area contributed by atoms with Gasteiger partial charge in [0.05, 0.1) is 29.9 Å². The Hall–Kier alpha value is -1.41. The molecule has 1 saturated heterocycles. The molecule has 6 nitrogen and oxygen atoms in total. The molecule has 0 aromatic heterocycles. The number of hydrogen-bond acceptors (Lipinski definition) is 4. The number of carbonyl (C=O) groups excluding carboxylic acids is 1. The van der Waals surface area contributed by atoms with E-state index in [9.17, 15) is 18.0 Å². The Morgan fingerprint density at radius 3 is 2.68 bits per heavy atom. The van der Waals surface area contributed by atoms with Crippen molar-refractivity contribution in [3.63, 3.8) is 0 Å². The SMILES string of the molecule is O=C(O)C[C@H](NC(=O)[C@@H]1CCS(=O)(=O)C1)c1cccc(Br)c1. The minimum absolute atomic E-state index is 0.00552. The number of nitrogens with one attached hydrogen (secondary N) is 1. The topological polar surface area (TPSA) is 101 Å². The molecule has 1 amide bonds. The predicted octanol–water partition coefficient (Wildman–Crippen LogP) is 1.52. The molecule has 0 saturated carbocycles. The van der Waals surface area contributed by atoms with Crippen molar-refractivity contribution in [1.29, 1.82) is 0 Å². The van der Waals surface area contributed by atoms with E-state index in [-0.39, 0.29) is 24.3 Å². The molecule has 2 atom stereocenters. The van der Waals surface area contributed by atoms with Gasteiger partial charge < -0.3 is 10.4 Å². The van der Waals surface area contributed by atoms with E-state index in [4.69, 9.17) is 5.11 Å². The van der Waals surface area contributed by atoms with Crippen molar-refractivity contribution in [1.82, 2.24) is 5.32 Å². The van der Waals surface area contributed by atoms with Crippen molar-refractivity contribution < 1.29 is 23.1 Å². The summed E-state index contributed by atoms with van der Waals surface area (Å²) in [6.07, 6.45) is 0.0219. The van der Waals surface area contributed by atoms with E-state index in [0.717, 1.165) is 4.47 Å². The Morgan fingerprint density at radius 1 is 1.41 bits per heavy atom. The molecule has 2 rings (SSSR count). The first kappa shape index (κ1) is 17.0. The number of carbonyl (C=O) groups is 2. The second-order valence-corrected chi connectivity index (χ2v) is 8.46. The molecular weight excluding hydrogens is 374 g/mol. The van der Waals surface area contributed by atoms with Gasteiger partial charge in [-0.25, -0.2) is 8.42 Å². The van der Waals surface area contributed by atoms with Crippen molar-refractivity contribution >= 4 is 37.6 Å². The first-order valence-electron chi connectivity index (χ1n) is 6.75. The molecule has 0 aliphatic carbocycles. The standard InChI is InChI=1S/C14H16BrNO5S/c15-11-3-1-2-9(6-11)12(7-13(17)18)16-14(19)10-4-5-22(20,21)8-10/h1-3,6,10,12H,4-5,7-8H2,(H,16,19)(H,17,18)/t10-,12+/m1/s1. The zero-order chi connectivity index (χ0) is 16.3. The summed E-state index contributed by atoms with van der Waals surface area (Å²) in [6.45, 7) is 0. The summed E-state index contributed by atoms with van der Waals surface area (Å²) in [7, 11) is -3.16. The highest BCUT2D eigenvalue weighted by Gasteiger charge is 2.34. The van der Waals surface area contributed by atoms with Crippen LogP contribution in [0, 0.1) is 5.92 Å². The van der Waals surface area contributed by atoms with Crippen molar-refractivity contribution in [3.05, 3.63) is 34.3 Å². The Kier molecular flexibility index (Phi) is 5.23. The Bertz CT molecular complexity index is 688.